The molecule has 0 unspecified atom stereocenters. The maximum atomic E-state index is 12.5. The van der Waals surface area contributed by atoms with Gasteiger partial charge in [-0.2, -0.15) is 0 Å². The first-order valence-corrected chi connectivity index (χ1v) is 8.54. The Labute approximate surface area is 160 Å². The molecule has 5 nitrogen and oxygen atoms in total. The smallest absolute Gasteiger partial charge is 0.256 e. The van der Waals surface area contributed by atoms with Crippen LogP contribution in [0, 0.1) is 6.92 Å². The van der Waals surface area contributed by atoms with Crippen molar-refractivity contribution in [2.45, 2.75) is 6.92 Å². The van der Waals surface area contributed by atoms with Crippen LogP contribution in [0.4, 0.5) is 11.5 Å². The summed E-state index contributed by atoms with van der Waals surface area (Å²) in [6, 6.07) is 5.37. The van der Waals surface area contributed by atoms with E-state index in [0.717, 1.165) is 5.56 Å². The van der Waals surface area contributed by atoms with Gasteiger partial charge in [0.15, 0.2) is 0 Å². The van der Waals surface area contributed by atoms with Crippen molar-refractivity contribution >= 4 is 57.8 Å². The molecule has 1 aromatic carbocycles. The zero-order valence-electron chi connectivity index (χ0n) is 14.2. The minimum atomic E-state index is -0.243. The lowest BCUT2D eigenvalue weighted by atomic mass is 10.1. The summed E-state index contributed by atoms with van der Waals surface area (Å²) < 4.78 is 0. The Bertz CT molecular complexity index is 1080. The highest BCUT2D eigenvalue weighted by molar-refractivity contribution is 6.39. The molecule has 2 aromatic heterocycles. The molecule has 0 saturated heterocycles. The molecule has 3 aromatic rings. The largest absolute Gasteiger partial charge is 0.337 e. The summed E-state index contributed by atoms with van der Waals surface area (Å²) >= 11 is 12.7. The predicted molar refractivity (Wildman–Crippen MR) is 110 cm³/mol. The van der Waals surface area contributed by atoms with Gasteiger partial charge < -0.3 is 10.3 Å². The molecule has 0 bridgehead atoms. The van der Waals surface area contributed by atoms with Crippen molar-refractivity contribution in [2.24, 2.45) is 4.99 Å². The Morgan fingerprint density at radius 3 is 2.62 bits per heavy atom. The molecule has 0 aliphatic rings. The summed E-state index contributed by atoms with van der Waals surface area (Å²) in [4.78, 5) is 23.8. The maximum Gasteiger partial charge on any atom is 0.256 e. The fourth-order valence-corrected chi connectivity index (χ4v) is 3.45. The second-order valence-corrected chi connectivity index (χ2v) is 6.49. The Hall–Kier alpha value is -2.63. The zero-order valence-corrected chi connectivity index (χ0v) is 15.7. The molecule has 0 aliphatic carbocycles. The Balaban J connectivity index is 2.32. The number of nitrogens with zero attached hydrogens (tertiary/aromatic N) is 2. The Morgan fingerprint density at radius 1 is 1.31 bits per heavy atom. The van der Waals surface area contributed by atoms with Gasteiger partial charge in [-0.05, 0) is 36.8 Å². The van der Waals surface area contributed by atoms with Gasteiger partial charge in [-0.1, -0.05) is 29.8 Å². The summed E-state index contributed by atoms with van der Waals surface area (Å²) in [6.07, 6.45) is 4.74. The molecule has 2 N–H and O–H groups in total. The molecule has 0 spiro atoms. The second kappa shape index (κ2) is 7.32. The molecule has 0 amide bonds. The van der Waals surface area contributed by atoms with Gasteiger partial charge in [0.1, 0.15) is 5.82 Å². The highest BCUT2D eigenvalue weighted by Crippen LogP contribution is 2.35. The number of pyridine rings is 2. The average Bonchev–Trinajstić information content (AvgIpc) is 2.59. The number of aromatic amines is 1. The maximum absolute atomic E-state index is 12.5. The standard InChI is InChI=1S/C19H16Cl2N4O/c1-4-15-12(9-22-3)16-11(5-6-23-19(16)26)18(24-15)25-17-13(20)7-10(2)8-14(17)21/h4-9H,1H2,2-3H3,(H,23,26)(H,24,25). The van der Waals surface area contributed by atoms with Gasteiger partial charge in [-0.25, -0.2) is 4.98 Å². The van der Waals surface area contributed by atoms with E-state index >= 15 is 0 Å². The van der Waals surface area contributed by atoms with E-state index in [2.05, 4.69) is 26.9 Å². The van der Waals surface area contributed by atoms with Crippen molar-refractivity contribution in [2.75, 3.05) is 12.4 Å². The number of aliphatic imine (C=N–C) groups is 1. The van der Waals surface area contributed by atoms with Crippen molar-refractivity contribution < 1.29 is 0 Å². The number of hydrogen-bond acceptors (Lipinski definition) is 4. The third-order valence-corrected chi connectivity index (χ3v) is 4.47. The van der Waals surface area contributed by atoms with Gasteiger partial charge in [0.25, 0.3) is 5.56 Å². The van der Waals surface area contributed by atoms with Crippen molar-refractivity contribution in [1.82, 2.24) is 9.97 Å². The van der Waals surface area contributed by atoms with E-state index in [1.807, 2.05) is 6.92 Å². The van der Waals surface area contributed by atoms with Crippen molar-refractivity contribution in [1.29, 1.82) is 0 Å². The highest BCUT2D eigenvalue weighted by atomic mass is 35.5. The van der Waals surface area contributed by atoms with Crippen LogP contribution in [0.15, 0.2) is 40.8 Å². The second-order valence-electron chi connectivity index (χ2n) is 5.67. The molecule has 0 fully saturated rings. The number of aromatic nitrogens is 2. The molecular formula is C19H16Cl2N4O. The van der Waals surface area contributed by atoms with Crippen molar-refractivity contribution in [3.05, 3.63) is 68.2 Å². The van der Waals surface area contributed by atoms with E-state index in [4.69, 9.17) is 23.2 Å². The Morgan fingerprint density at radius 2 is 2.00 bits per heavy atom. The lowest BCUT2D eigenvalue weighted by Crippen LogP contribution is -2.11. The average molecular weight is 387 g/mol. The predicted octanol–water partition coefficient (Wildman–Crippen LogP) is 4.97. The monoisotopic (exact) mass is 386 g/mol. The minimum Gasteiger partial charge on any atom is -0.337 e. The van der Waals surface area contributed by atoms with Gasteiger partial charge in [-0.3, -0.25) is 9.79 Å². The first-order valence-electron chi connectivity index (χ1n) is 7.79. The van der Waals surface area contributed by atoms with Gasteiger partial charge in [0.2, 0.25) is 0 Å². The number of anilines is 2. The first kappa shape index (κ1) is 18.2. The molecule has 132 valence electrons. The van der Waals surface area contributed by atoms with Crippen LogP contribution in [-0.4, -0.2) is 23.2 Å². The summed E-state index contributed by atoms with van der Waals surface area (Å²) in [5, 5.41) is 5.19. The zero-order chi connectivity index (χ0) is 18.8. The number of nitrogens with one attached hydrogen (secondary N) is 2. The van der Waals surface area contributed by atoms with E-state index in [1.165, 1.54) is 0 Å². The summed E-state index contributed by atoms with van der Waals surface area (Å²) in [7, 11) is 1.63. The summed E-state index contributed by atoms with van der Waals surface area (Å²) in [5.74, 6) is 0.460. The van der Waals surface area contributed by atoms with Crippen molar-refractivity contribution in [3.8, 4) is 0 Å². The van der Waals surface area contributed by atoms with Crippen molar-refractivity contribution in [3.63, 3.8) is 0 Å². The normalized spacial score (nSPS) is 11.2. The third-order valence-electron chi connectivity index (χ3n) is 3.87. The fraction of sp³-hybridized carbons (Fsp3) is 0.105. The molecule has 3 rings (SSSR count). The lowest BCUT2D eigenvalue weighted by Gasteiger charge is -2.15. The van der Waals surface area contributed by atoms with E-state index in [-0.39, 0.29) is 5.56 Å². The number of hydrogen-bond donors (Lipinski definition) is 2. The van der Waals surface area contributed by atoms with Gasteiger partial charge in [0, 0.05) is 30.4 Å². The highest BCUT2D eigenvalue weighted by Gasteiger charge is 2.16. The van der Waals surface area contributed by atoms with Gasteiger partial charge in [-0.15, -0.1) is 0 Å². The summed E-state index contributed by atoms with van der Waals surface area (Å²) in [6.45, 7) is 5.70. The number of rotatable bonds is 4. The third kappa shape index (κ3) is 3.23. The number of H-pyrrole nitrogens is 1. The molecule has 2 heterocycles. The minimum absolute atomic E-state index is 0.243. The summed E-state index contributed by atoms with van der Waals surface area (Å²) in [5.41, 5.74) is 2.36. The molecule has 0 radical (unpaired) electrons. The molecule has 0 aliphatic heterocycles. The van der Waals surface area contributed by atoms with Crippen LogP contribution in [-0.2, 0) is 0 Å². The van der Waals surface area contributed by atoms with Crippen LogP contribution in [0.1, 0.15) is 16.8 Å². The van der Waals surface area contributed by atoms with Crippen LogP contribution in [0.2, 0.25) is 10.0 Å². The van der Waals surface area contributed by atoms with Crippen LogP contribution in [0.3, 0.4) is 0 Å². The molecule has 0 atom stereocenters. The SMILES string of the molecule is C=Cc1nc(Nc2c(Cl)cc(C)cc2Cl)c2cc[nH]c(=O)c2c1C=NC. The molecule has 26 heavy (non-hydrogen) atoms. The molecular weight excluding hydrogens is 371 g/mol. The Kier molecular flexibility index (Phi) is 5.11. The molecule has 7 heteroatoms. The van der Waals surface area contributed by atoms with Gasteiger partial charge >= 0.3 is 0 Å². The van der Waals surface area contributed by atoms with E-state index in [9.17, 15) is 4.79 Å². The van der Waals surface area contributed by atoms with Crippen LogP contribution in [0.25, 0.3) is 16.8 Å². The van der Waals surface area contributed by atoms with E-state index in [1.54, 1.807) is 43.7 Å². The molecule has 0 saturated carbocycles. The van der Waals surface area contributed by atoms with E-state index < -0.39 is 0 Å². The number of halogens is 2. The number of aryl methyl sites for hydroxylation is 1. The van der Waals surface area contributed by atoms with Crippen LogP contribution >= 0.6 is 23.2 Å². The number of benzene rings is 1. The van der Waals surface area contributed by atoms with Crippen LogP contribution in [0.5, 0.6) is 0 Å². The number of fused-ring (bicyclic) bond motifs is 1. The van der Waals surface area contributed by atoms with Crippen LogP contribution < -0.4 is 10.9 Å². The topological polar surface area (TPSA) is 70.1 Å². The fourth-order valence-electron chi connectivity index (χ4n) is 2.76. The lowest BCUT2D eigenvalue weighted by molar-refractivity contribution is 1.24. The van der Waals surface area contributed by atoms with E-state index in [0.29, 0.717) is 43.6 Å². The quantitative estimate of drug-likeness (QED) is 0.621. The first-order chi connectivity index (χ1) is 12.5. The van der Waals surface area contributed by atoms with Gasteiger partial charge in [0.05, 0.1) is 26.8 Å².